The fourth-order valence-electron chi connectivity index (χ4n) is 3.08. The average Bonchev–Trinajstić information content (AvgIpc) is 2.96. The van der Waals surface area contributed by atoms with E-state index in [1.807, 2.05) is 0 Å². The third-order valence-electron chi connectivity index (χ3n) is 4.35. The standard InChI is InChI=1S/C18H29NO7/c1-6-24-15(21)12-9-18(17(23)26-8-3,19-14(20)11(4)5)10-13(12)16(22)25-7-2/h11-13H,6-10H2,1-5H3,(H,19,20)/t12-,13+,18?. The van der Waals surface area contributed by atoms with Crippen LogP contribution in [0.15, 0.2) is 0 Å². The van der Waals surface area contributed by atoms with Crippen LogP contribution in [0.1, 0.15) is 47.5 Å². The van der Waals surface area contributed by atoms with E-state index in [0.717, 1.165) is 0 Å². The molecule has 0 aliphatic heterocycles. The highest BCUT2D eigenvalue weighted by Gasteiger charge is 2.57. The third kappa shape index (κ3) is 4.95. The SMILES string of the molecule is CCOC(=O)[C@H]1CC(NC(=O)C(C)C)(C(=O)OCC)C[C@H]1C(=O)OCC. The van der Waals surface area contributed by atoms with Crippen LogP contribution in [0.4, 0.5) is 0 Å². The third-order valence-corrected chi connectivity index (χ3v) is 4.35. The summed E-state index contributed by atoms with van der Waals surface area (Å²) in [4.78, 5) is 49.6. The summed E-state index contributed by atoms with van der Waals surface area (Å²) in [5.41, 5.74) is -1.45. The molecule has 1 rings (SSSR count). The molecule has 1 fully saturated rings. The summed E-state index contributed by atoms with van der Waals surface area (Å²) in [5, 5.41) is 2.70. The number of hydrogen-bond donors (Lipinski definition) is 1. The van der Waals surface area contributed by atoms with Crippen molar-refractivity contribution in [3.8, 4) is 0 Å². The zero-order chi connectivity index (χ0) is 19.9. The number of rotatable bonds is 8. The molecule has 8 heteroatoms. The van der Waals surface area contributed by atoms with Crippen LogP contribution in [0.3, 0.4) is 0 Å². The highest BCUT2D eigenvalue weighted by molar-refractivity contribution is 5.93. The molecule has 0 aromatic carbocycles. The second-order valence-electron chi connectivity index (χ2n) is 6.57. The minimum Gasteiger partial charge on any atom is -0.466 e. The zero-order valence-corrected chi connectivity index (χ0v) is 16.1. The minimum absolute atomic E-state index is 0.0629. The van der Waals surface area contributed by atoms with Gasteiger partial charge in [0.2, 0.25) is 5.91 Å². The van der Waals surface area contributed by atoms with Gasteiger partial charge in [-0.15, -0.1) is 0 Å². The van der Waals surface area contributed by atoms with E-state index >= 15 is 0 Å². The van der Waals surface area contributed by atoms with Gasteiger partial charge in [0.1, 0.15) is 5.54 Å². The molecule has 1 N–H and O–H groups in total. The molecule has 0 aromatic rings. The Morgan fingerprint density at radius 1 is 0.885 bits per heavy atom. The molecule has 1 aliphatic rings. The molecule has 0 radical (unpaired) electrons. The molecule has 0 spiro atoms. The maximum absolute atomic E-state index is 12.6. The number of amides is 1. The van der Waals surface area contributed by atoms with Crippen LogP contribution in [0.25, 0.3) is 0 Å². The first kappa shape index (κ1) is 21.9. The fourth-order valence-corrected chi connectivity index (χ4v) is 3.08. The molecule has 1 unspecified atom stereocenters. The summed E-state index contributed by atoms with van der Waals surface area (Å²) < 4.78 is 15.2. The van der Waals surface area contributed by atoms with Crippen molar-refractivity contribution in [1.82, 2.24) is 5.32 Å². The van der Waals surface area contributed by atoms with Crippen LogP contribution in [0.5, 0.6) is 0 Å². The van der Waals surface area contributed by atoms with Crippen LogP contribution in [-0.4, -0.2) is 49.2 Å². The number of carbonyl (C=O) groups excluding carboxylic acids is 4. The van der Waals surface area contributed by atoms with Gasteiger partial charge in [-0.1, -0.05) is 13.8 Å². The topological polar surface area (TPSA) is 108 Å². The van der Waals surface area contributed by atoms with E-state index in [9.17, 15) is 19.2 Å². The van der Waals surface area contributed by atoms with Crippen LogP contribution in [0.2, 0.25) is 0 Å². The summed E-state index contributed by atoms with van der Waals surface area (Å²) in [6.07, 6.45) is -0.126. The number of nitrogens with one attached hydrogen (secondary N) is 1. The quantitative estimate of drug-likeness (QED) is 0.505. The Morgan fingerprint density at radius 3 is 1.65 bits per heavy atom. The second-order valence-corrected chi connectivity index (χ2v) is 6.57. The van der Waals surface area contributed by atoms with Crippen molar-refractivity contribution in [2.24, 2.45) is 17.8 Å². The van der Waals surface area contributed by atoms with Crippen molar-refractivity contribution in [2.45, 2.75) is 53.0 Å². The van der Waals surface area contributed by atoms with Crippen LogP contribution in [-0.2, 0) is 33.4 Å². The second kappa shape index (κ2) is 9.54. The first-order valence-electron chi connectivity index (χ1n) is 9.04. The van der Waals surface area contributed by atoms with Crippen molar-refractivity contribution >= 4 is 23.8 Å². The predicted molar refractivity (Wildman–Crippen MR) is 91.8 cm³/mol. The van der Waals surface area contributed by atoms with Gasteiger partial charge in [0.25, 0.3) is 0 Å². The normalized spacial score (nSPS) is 24.8. The van der Waals surface area contributed by atoms with E-state index in [0.29, 0.717) is 0 Å². The molecule has 1 aliphatic carbocycles. The molecule has 0 saturated heterocycles. The molecule has 8 nitrogen and oxygen atoms in total. The highest BCUT2D eigenvalue weighted by Crippen LogP contribution is 2.42. The summed E-state index contributed by atoms with van der Waals surface area (Å²) in [5.74, 6) is -4.33. The molecule has 0 bridgehead atoms. The summed E-state index contributed by atoms with van der Waals surface area (Å²) in [7, 11) is 0. The molecular weight excluding hydrogens is 342 g/mol. The van der Waals surface area contributed by atoms with Gasteiger partial charge in [0.15, 0.2) is 0 Å². The lowest BCUT2D eigenvalue weighted by atomic mass is 9.94. The smallest absolute Gasteiger partial charge is 0.331 e. The Labute approximate surface area is 153 Å². The van der Waals surface area contributed by atoms with E-state index in [2.05, 4.69) is 5.32 Å². The summed E-state index contributed by atoms with van der Waals surface area (Å²) in [6.45, 7) is 8.76. The summed E-state index contributed by atoms with van der Waals surface area (Å²) in [6, 6.07) is 0. The van der Waals surface area contributed by atoms with Crippen molar-refractivity contribution < 1.29 is 33.4 Å². The zero-order valence-electron chi connectivity index (χ0n) is 16.1. The van der Waals surface area contributed by atoms with Gasteiger partial charge in [-0.3, -0.25) is 14.4 Å². The molecule has 1 saturated carbocycles. The first-order chi connectivity index (χ1) is 12.2. The van der Waals surface area contributed by atoms with Crippen LogP contribution in [0, 0.1) is 17.8 Å². The number of ether oxygens (including phenoxy) is 3. The number of esters is 3. The predicted octanol–water partition coefficient (Wildman–Crippen LogP) is 1.21. The Balaban J connectivity index is 3.23. The monoisotopic (exact) mass is 371 g/mol. The van der Waals surface area contributed by atoms with E-state index < -0.39 is 35.3 Å². The van der Waals surface area contributed by atoms with Gasteiger partial charge in [-0.05, 0) is 33.6 Å². The largest absolute Gasteiger partial charge is 0.466 e. The Morgan fingerprint density at radius 2 is 1.31 bits per heavy atom. The van der Waals surface area contributed by atoms with E-state index in [1.165, 1.54) is 0 Å². The lowest BCUT2D eigenvalue weighted by Gasteiger charge is -2.29. The molecule has 1 amide bonds. The maximum Gasteiger partial charge on any atom is 0.331 e. The molecule has 0 heterocycles. The molecule has 0 aromatic heterocycles. The number of carbonyl (C=O) groups is 4. The summed E-state index contributed by atoms with van der Waals surface area (Å²) >= 11 is 0. The lowest BCUT2D eigenvalue weighted by Crippen LogP contribution is -2.55. The molecule has 3 atom stereocenters. The minimum atomic E-state index is -1.45. The molecular formula is C18H29NO7. The van der Waals surface area contributed by atoms with Crippen LogP contribution >= 0.6 is 0 Å². The fraction of sp³-hybridized carbons (Fsp3) is 0.778. The molecule has 26 heavy (non-hydrogen) atoms. The lowest BCUT2D eigenvalue weighted by molar-refractivity contribution is -0.158. The average molecular weight is 371 g/mol. The van der Waals surface area contributed by atoms with E-state index in [4.69, 9.17) is 14.2 Å². The van der Waals surface area contributed by atoms with Crippen molar-refractivity contribution in [3.63, 3.8) is 0 Å². The van der Waals surface area contributed by atoms with Gasteiger partial charge >= 0.3 is 17.9 Å². The van der Waals surface area contributed by atoms with Crippen molar-refractivity contribution in [1.29, 1.82) is 0 Å². The van der Waals surface area contributed by atoms with Gasteiger partial charge in [-0.25, -0.2) is 4.79 Å². The Kier molecular flexibility index (Phi) is 8.05. The van der Waals surface area contributed by atoms with Gasteiger partial charge in [-0.2, -0.15) is 0 Å². The Hall–Kier alpha value is -2.12. The number of hydrogen-bond acceptors (Lipinski definition) is 7. The van der Waals surface area contributed by atoms with E-state index in [-0.39, 0.29) is 44.5 Å². The van der Waals surface area contributed by atoms with Crippen LogP contribution < -0.4 is 5.32 Å². The highest BCUT2D eigenvalue weighted by atomic mass is 16.5. The Bertz CT molecular complexity index is 518. The van der Waals surface area contributed by atoms with Crippen molar-refractivity contribution in [3.05, 3.63) is 0 Å². The van der Waals surface area contributed by atoms with E-state index in [1.54, 1.807) is 34.6 Å². The van der Waals surface area contributed by atoms with Gasteiger partial charge in [0.05, 0.1) is 31.7 Å². The first-order valence-corrected chi connectivity index (χ1v) is 9.04. The van der Waals surface area contributed by atoms with Gasteiger partial charge < -0.3 is 19.5 Å². The van der Waals surface area contributed by atoms with Crippen molar-refractivity contribution in [2.75, 3.05) is 19.8 Å². The molecule has 148 valence electrons. The van der Waals surface area contributed by atoms with Gasteiger partial charge in [0, 0.05) is 5.92 Å². The maximum atomic E-state index is 12.6.